The smallest absolute Gasteiger partial charge is 0.291 e. The molecule has 7 nitrogen and oxygen atoms in total. The highest BCUT2D eigenvalue weighted by atomic mass is 32.2. The molecule has 2 heterocycles. The number of pyridine rings is 1. The lowest BCUT2D eigenvalue weighted by Gasteiger charge is -2.04. The maximum atomic E-state index is 12.1. The van der Waals surface area contributed by atoms with Crippen molar-refractivity contribution in [1.82, 2.24) is 4.98 Å². The van der Waals surface area contributed by atoms with Gasteiger partial charge in [-0.2, -0.15) is 0 Å². The zero-order chi connectivity index (χ0) is 15.7. The number of fused-ring (bicyclic) bond motifs is 1. The van der Waals surface area contributed by atoms with Crippen molar-refractivity contribution in [3.63, 3.8) is 0 Å². The SMILES string of the molecule is NS(=O)(=O)c1ccc(NC(=O)c2cc3ncccc3o2)cc1. The molecule has 1 aromatic carbocycles. The van der Waals surface area contributed by atoms with Crippen LogP contribution in [-0.2, 0) is 10.0 Å². The molecule has 0 fully saturated rings. The zero-order valence-corrected chi connectivity index (χ0v) is 12.0. The zero-order valence-electron chi connectivity index (χ0n) is 11.2. The summed E-state index contributed by atoms with van der Waals surface area (Å²) < 4.78 is 27.7. The lowest BCUT2D eigenvalue weighted by Crippen LogP contribution is -2.13. The number of rotatable bonds is 3. The maximum absolute atomic E-state index is 12.1. The van der Waals surface area contributed by atoms with E-state index in [1.807, 2.05) is 0 Å². The summed E-state index contributed by atoms with van der Waals surface area (Å²) in [5.41, 5.74) is 1.51. The number of anilines is 1. The van der Waals surface area contributed by atoms with Crippen LogP contribution < -0.4 is 10.5 Å². The third kappa shape index (κ3) is 2.83. The minimum absolute atomic E-state index is 0.0292. The molecule has 0 aliphatic heterocycles. The number of amides is 1. The van der Waals surface area contributed by atoms with E-state index in [2.05, 4.69) is 10.3 Å². The number of aromatic nitrogens is 1. The molecule has 0 aliphatic carbocycles. The van der Waals surface area contributed by atoms with Gasteiger partial charge in [-0.25, -0.2) is 13.6 Å². The van der Waals surface area contributed by atoms with Crippen molar-refractivity contribution >= 4 is 32.7 Å². The van der Waals surface area contributed by atoms with Crippen LogP contribution in [0, 0.1) is 0 Å². The molecule has 0 unspecified atom stereocenters. The van der Waals surface area contributed by atoms with Crippen molar-refractivity contribution < 1.29 is 17.6 Å². The van der Waals surface area contributed by atoms with E-state index in [-0.39, 0.29) is 10.7 Å². The number of hydrogen-bond acceptors (Lipinski definition) is 5. The number of furan rings is 1. The fourth-order valence-electron chi connectivity index (χ4n) is 1.90. The van der Waals surface area contributed by atoms with Gasteiger partial charge in [0.25, 0.3) is 5.91 Å². The molecule has 3 N–H and O–H groups in total. The van der Waals surface area contributed by atoms with Crippen molar-refractivity contribution in [1.29, 1.82) is 0 Å². The normalized spacial score (nSPS) is 11.5. The molecule has 112 valence electrons. The Bertz CT molecular complexity index is 913. The van der Waals surface area contributed by atoms with Gasteiger partial charge in [-0.3, -0.25) is 9.78 Å². The predicted molar refractivity (Wildman–Crippen MR) is 79.8 cm³/mol. The molecular formula is C14H11N3O4S. The molecule has 0 radical (unpaired) electrons. The molecule has 0 aliphatic rings. The fourth-order valence-corrected chi connectivity index (χ4v) is 2.42. The van der Waals surface area contributed by atoms with Crippen LogP contribution in [0.5, 0.6) is 0 Å². The number of nitrogens with zero attached hydrogens (tertiary/aromatic N) is 1. The highest BCUT2D eigenvalue weighted by Crippen LogP contribution is 2.18. The van der Waals surface area contributed by atoms with Gasteiger partial charge in [0, 0.05) is 18.0 Å². The first-order valence-corrected chi connectivity index (χ1v) is 7.77. The molecule has 3 rings (SSSR count). The summed E-state index contributed by atoms with van der Waals surface area (Å²) in [6, 6.07) is 10.5. The Morgan fingerprint density at radius 3 is 2.55 bits per heavy atom. The molecule has 0 bridgehead atoms. The van der Waals surface area contributed by atoms with Crippen LogP contribution in [0.3, 0.4) is 0 Å². The summed E-state index contributed by atoms with van der Waals surface area (Å²) in [5, 5.41) is 7.61. The monoisotopic (exact) mass is 317 g/mol. The van der Waals surface area contributed by atoms with E-state index in [0.29, 0.717) is 16.8 Å². The number of carbonyl (C=O) groups is 1. The first kappa shape index (κ1) is 14.2. The van der Waals surface area contributed by atoms with E-state index >= 15 is 0 Å². The first-order chi connectivity index (χ1) is 10.4. The standard InChI is InChI=1S/C14H11N3O4S/c15-22(19,20)10-5-3-9(4-6-10)17-14(18)13-8-11-12(21-13)2-1-7-16-11/h1-8H,(H,17,18)(H2,15,19,20). The van der Waals surface area contributed by atoms with Gasteiger partial charge in [0.15, 0.2) is 11.3 Å². The third-order valence-electron chi connectivity index (χ3n) is 2.95. The average Bonchev–Trinajstić information content (AvgIpc) is 2.91. The van der Waals surface area contributed by atoms with Gasteiger partial charge >= 0.3 is 0 Å². The molecule has 8 heteroatoms. The summed E-state index contributed by atoms with van der Waals surface area (Å²) >= 11 is 0. The van der Waals surface area contributed by atoms with E-state index < -0.39 is 15.9 Å². The van der Waals surface area contributed by atoms with Gasteiger partial charge in [-0.05, 0) is 36.4 Å². The highest BCUT2D eigenvalue weighted by molar-refractivity contribution is 7.89. The molecule has 0 saturated carbocycles. The second-order valence-electron chi connectivity index (χ2n) is 4.52. The van der Waals surface area contributed by atoms with E-state index in [0.717, 1.165) is 0 Å². The van der Waals surface area contributed by atoms with Gasteiger partial charge in [-0.15, -0.1) is 0 Å². The maximum Gasteiger partial charge on any atom is 0.291 e. The topological polar surface area (TPSA) is 115 Å². The van der Waals surface area contributed by atoms with Gasteiger partial charge in [0.1, 0.15) is 5.52 Å². The van der Waals surface area contributed by atoms with Gasteiger partial charge in [-0.1, -0.05) is 0 Å². The van der Waals surface area contributed by atoms with Crippen molar-refractivity contribution in [2.24, 2.45) is 5.14 Å². The first-order valence-electron chi connectivity index (χ1n) is 6.22. The Morgan fingerprint density at radius 1 is 1.18 bits per heavy atom. The molecule has 2 aromatic heterocycles. The number of sulfonamides is 1. The van der Waals surface area contributed by atoms with Crippen LogP contribution in [-0.4, -0.2) is 19.3 Å². The summed E-state index contributed by atoms with van der Waals surface area (Å²) in [4.78, 5) is 16.1. The summed E-state index contributed by atoms with van der Waals surface area (Å²) in [6.07, 6.45) is 1.60. The summed E-state index contributed by atoms with van der Waals surface area (Å²) in [7, 11) is -3.76. The molecular weight excluding hydrogens is 306 g/mol. The Labute approximate surface area is 125 Å². The Kier molecular flexibility index (Phi) is 3.39. The van der Waals surface area contributed by atoms with E-state index in [1.54, 1.807) is 18.3 Å². The number of primary sulfonamides is 1. The number of hydrogen-bond donors (Lipinski definition) is 2. The second-order valence-corrected chi connectivity index (χ2v) is 6.08. The number of nitrogens with one attached hydrogen (secondary N) is 1. The van der Waals surface area contributed by atoms with Crippen LogP contribution in [0.4, 0.5) is 5.69 Å². The second kappa shape index (κ2) is 5.24. The van der Waals surface area contributed by atoms with Crippen molar-refractivity contribution in [2.75, 3.05) is 5.32 Å². The fraction of sp³-hybridized carbons (Fsp3) is 0. The largest absolute Gasteiger partial charge is 0.449 e. The summed E-state index contributed by atoms with van der Waals surface area (Å²) in [5.74, 6) is -0.342. The number of carbonyl (C=O) groups excluding carboxylic acids is 1. The van der Waals surface area contributed by atoms with Crippen LogP contribution in [0.25, 0.3) is 11.1 Å². The Balaban J connectivity index is 1.82. The lowest BCUT2D eigenvalue weighted by molar-refractivity contribution is 0.0998. The summed E-state index contributed by atoms with van der Waals surface area (Å²) in [6.45, 7) is 0. The molecule has 1 amide bonds. The van der Waals surface area contributed by atoms with Gasteiger partial charge in [0.05, 0.1) is 4.90 Å². The Morgan fingerprint density at radius 2 is 1.91 bits per heavy atom. The molecule has 0 atom stereocenters. The quantitative estimate of drug-likeness (QED) is 0.763. The van der Waals surface area contributed by atoms with Gasteiger partial charge in [0.2, 0.25) is 10.0 Å². The average molecular weight is 317 g/mol. The van der Waals surface area contributed by atoms with E-state index in [4.69, 9.17) is 9.56 Å². The number of nitrogens with two attached hydrogens (primary N) is 1. The predicted octanol–water partition coefficient (Wildman–Crippen LogP) is 1.73. The third-order valence-corrected chi connectivity index (χ3v) is 3.88. The van der Waals surface area contributed by atoms with E-state index in [9.17, 15) is 13.2 Å². The molecule has 3 aromatic rings. The lowest BCUT2D eigenvalue weighted by atomic mass is 10.3. The van der Waals surface area contributed by atoms with Crippen LogP contribution in [0.2, 0.25) is 0 Å². The molecule has 22 heavy (non-hydrogen) atoms. The molecule has 0 saturated heterocycles. The van der Waals surface area contributed by atoms with Crippen LogP contribution in [0.1, 0.15) is 10.6 Å². The van der Waals surface area contributed by atoms with Crippen molar-refractivity contribution in [3.8, 4) is 0 Å². The van der Waals surface area contributed by atoms with Crippen molar-refractivity contribution in [3.05, 3.63) is 54.4 Å². The Hall–Kier alpha value is -2.71. The van der Waals surface area contributed by atoms with Crippen molar-refractivity contribution in [2.45, 2.75) is 4.90 Å². The minimum atomic E-state index is -3.76. The van der Waals surface area contributed by atoms with E-state index in [1.165, 1.54) is 30.3 Å². The van der Waals surface area contributed by atoms with Crippen LogP contribution >= 0.6 is 0 Å². The van der Waals surface area contributed by atoms with Crippen LogP contribution in [0.15, 0.2) is 58.0 Å². The number of benzene rings is 1. The highest BCUT2D eigenvalue weighted by Gasteiger charge is 2.13. The molecule has 0 spiro atoms. The minimum Gasteiger partial charge on any atom is -0.449 e. The van der Waals surface area contributed by atoms with Gasteiger partial charge < -0.3 is 9.73 Å².